The van der Waals surface area contributed by atoms with Gasteiger partial charge in [-0.05, 0) is 18.8 Å². The molecule has 0 bridgehead atoms. The molecule has 0 spiro atoms. The van der Waals surface area contributed by atoms with Gasteiger partial charge < -0.3 is 10.0 Å². The van der Waals surface area contributed by atoms with Crippen molar-refractivity contribution in [2.45, 2.75) is 45.3 Å². The van der Waals surface area contributed by atoms with E-state index in [1.807, 2.05) is 0 Å². The summed E-state index contributed by atoms with van der Waals surface area (Å²) in [5, 5.41) is 8.96. The fourth-order valence-electron chi connectivity index (χ4n) is 2.63. The van der Waals surface area contributed by atoms with E-state index in [2.05, 4.69) is 28.8 Å². The summed E-state index contributed by atoms with van der Waals surface area (Å²) in [6.45, 7) is 2.31. The lowest BCUT2D eigenvalue weighted by atomic mass is 9.85. The van der Waals surface area contributed by atoms with Gasteiger partial charge in [-0.25, -0.2) is 9.97 Å². The first-order chi connectivity index (χ1) is 8.22. The zero-order valence-corrected chi connectivity index (χ0v) is 10.6. The van der Waals surface area contributed by atoms with Gasteiger partial charge in [-0.1, -0.05) is 19.8 Å². The number of rotatable bonds is 3. The first-order valence-electron chi connectivity index (χ1n) is 6.37. The molecule has 1 fully saturated rings. The van der Waals surface area contributed by atoms with E-state index in [-0.39, 0.29) is 6.61 Å². The number of anilines is 1. The van der Waals surface area contributed by atoms with Crippen LogP contribution < -0.4 is 4.90 Å². The second kappa shape index (κ2) is 5.45. The largest absolute Gasteiger partial charge is 0.392 e. The van der Waals surface area contributed by atoms with Crippen molar-refractivity contribution in [2.75, 3.05) is 11.9 Å². The zero-order valence-electron chi connectivity index (χ0n) is 10.6. The Balaban J connectivity index is 2.09. The van der Waals surface area contributed by atoms with Crippen molar-refractivity contribution >= 4 is 5.95 Å². The Kier molecular flexibility index (Phi) is 3.94. The van der Waals surface area contributed by atoms with Crippen molar-refractivity contribution in [3.8, 4) is 0 Å². The maximum absolute atomic E-state index is 8.96. The van der Waals surface area contributed by atoms with E-state index >= 15 is 0 Å². The van der Waals surface area contributed by atoms with Crippen LogP contribution in [0.3, 0.4) is 0 Å². The van der Waals surface area contributed by atoms with Gasteiger partial charge in [-0.2, -0.15) is 0 Å². The number of hydrogen-bond donors (Lipinski definition) is 1. The molecule has 2 unspecified atom stereocenters. The van der Waals surface area contributed by atoms with Crippen molar-refractivity contribution in [1.29, 1.82) is 0 Å². The van der Waals surface area contributed by atoms with Gasteiger partial charge in [0.05, 0.1) is 6.61 Å². The molecule has 1 aliphatic carbocycles. The average molecular weight is 235 g/mol. The Morgan fingerprint density at radius 2 is 1.94 bits per heavy atom. The fraction of sp³-hybridized carbons (Fsp3) is 0.692. The molecule has 0 saturated heterocycles. The molecule has 1 heterocycles. The van der Waals surface area contributed by atoms with E-state index in [4.69, 9.17) is 5.11 Å². The smallest absolute Gasteiger partial charge is 0.225 e. The Labute approximate surface area is 103 Å². The first kappa shape index (κ1) is 12.3. The van der Waals surface area contributed by atoms with Gasteiger partial charge in [0.1, 0.15) is 0 Å². The van der Waals surface area contributed by atoms with Crippen LogP contribution in [-0.2, 0) is 6.61 Å². The zero-order chi connectivity index (χ0) is 12.3. The topological polar surface area (TPSA) is 49.2 Å². The van der Waals surface area contributed by atoms with Gasteiger partial charge in [0.15, 0.2) is 0 Å². The average Bonchev–Trinajstić information content (AvgIpc) is 2.39. The molecule has 94 valence electrons. The van der Waals surface area contributed by atoms with Crippen LogP contribution in [0, 0.1) is 5.92 Å². The summed E-state index contributed by atoms with van der Waals surface area (Å²) < 4.78 is 0. The quantitative estimate of drug-likeness (QED) is 0.870. The van der Waals surface area contributed by atoms with Crippen LogP contribution in [0.4, 0.5) is 5.95 Å². The van der Waals surface area contributed by atoms with E-state index in [1.54, 1.807) is 12.4 Å². The van der Waals surface area contributed by atoms with Crippen molar-refractivity contribution in [1.82, 2.24) is 9.97 Å². The Bertz CT molecular complexity index is 352. The number of aromatic nitrogens is 2. The molecule has 0 radical (unpaired) electrons. The highest BCUT2D eigenvalue weighted by Gasteiger charge is 2.26. The van der Waals surface area contributed by atoms with Crippen molar-refractivity contribution in [2.24, 2.45) is 5.92 Å². The summed E-state index contributed by atoms with van der Waals surface area (Å²) in [5.41, 5.74) is 0.763. The van der Waals surface area contributed by atoms with Gasteiger partial charge in [-0.3, -0.25) is 0 Å². The second-order valence-corrected chi connectivity index (χ2v) is 4.99. The Morgan fingerprint density at radius 3 is 2.53 bits per heavy atom. The minimum atomic E-state index is 0.00380. The number of nitrogens with zero attached hydrogens (tertiary/aromatic N) is 3. The maximum atomic E-state index is 8.96. The van der Waals surface area contributed by atoms with Crippen LogP contribution >= 0.6 is 0 Å². The molecule has 0 aliphatic heterocycles. The Morgan fingerprint density at radius 1 is 1.29 bits per heavy atom. The molecule has 1 saturated carbocycles. The van der Waals surface area contributed by atoms with Crippen LogP contribution in [0.15, 0.2) is 12.4 Å². The maximum Gasteiger partial charge on any atom is 0.225 e. The van der Waals surface area contributed by atoms with Crippen LogP contribution in [-0.4, -0.2) is 28.2 Å². The van der Waals surface area contributed by atoms with E-state index in [1.165, 1.54) is 25.7 Å². The lowest BCUT2D eigenvalue weighted by Crippen LogP contribution is -2.39. The normalized spacial score (nSPS) is 24.6. The summed E-state index contributed by atoms with van der Waals surface area (Å²) >= 11 is 0. The molecular weight excluding hydrogens is 214 g/mol. The van der Waals surface area contributed by atoms with Crippen molar-refractivity contribution in [3.05, 3.63) is 18.0 Å². The van der Waals surface area contributed by atoms with Crippen molar-refractivity contribution < 1.29 is 5.11 Å². The van der Waals surface area contributed by atoms with E-state index < -0.39 is 0 Å². The van der Waals surface area contributed by atoms with Crippen LogP contribution in [0.1, 0.15) is 38.2 Å². The predicted octanol–water partition coefficient (Wildman–Crippen LogP) is 1.98. The van der Waals surface area contributed by atoms with Gasteiger partial charge >= 0.3 is 0 Å². The molecule has 4 nitrogen and oxygen atoms in total. The number of aliphatic hydroxyl groups excluding tert-OH is 1. The molecule has 1 aromatic heterocycles. The van der Waals surface area contributed by atoms with E-state index in [0.717, 1.165) is 11.5 Å². The lowest BCUT2D eigenvalue weighted by molar-refractivity contribution is 0.280. The van der Waals surface area contributed by atoms with Crippen LogP contribution in [0.5, 0.6) is 0 Å². The molecule has 1 aromatic rings. The fourth-order valence-corrected chi connectivity index (χ4v) is 2.63. The highest BCUT2D eigenvalue weighted by molar-refractivity contribution is 5.30. The highest BCUT2D eigenvalue weighted by atomic mass is 16.3. The van der Waals surface area contributed by atoms with Crippen LogP contribution in [0.2, 0.25) is 0 Å². The predicted molar refractivity (Wildman–Crippen MR) is 67.8 cm³/mol. The molecule has 0 aromatic carbocycles. The standard InChI is InChI=1S/C13H21N3O/c1-10-5-3-4-6-12(10)16(2)13-14-7-11(9-17)8-15-13/h7-8,10,12,17H,3-6,9H2,1-2H3. The molecule has 0 amide bonds. The third kappa shape index (κ3) is 2.75. The van der Waals surface area contributed by atoms with Crippen LogP contribution in [0.25, 0.3) is 0 Å². The summed E-state index contributed by atoms with van der Waals surface area (Å²) in [4.78, 5) is 10.8. The molecule has 17 heavy (non-hydrogen) atoms. The molecule has 2 rings (SSSR count). The minimum Gasteiger partial charge on any atom is -0.392 e. The summed E-state index contributed by atoms with van der Waals surface area (Å²) in [6, 6.07) is 0.545. The second-order valence-electron chi connectivity index (χ2n) is 4.99. The third-order valence-corrected chi connectivity index (χ3v) is 3.75. The van der Waals surface area contributed by atoms with Gasteiger partial charge in [-0.15, -0.1) is 0 Å². The molecular formula is C13H21N3O. The molecule has 4 heteroatoms. The molecule has 1 aliphatic rings. The van der Waals surface area contributed by atoms with Gasteiger partial charge in [0.2, 0.25) is 5.95 Å². The summed E-state index contributed by atoms with van der Waals surface area (Å²) in [7, 11) is 2.07. The van der Waals surface area contributed by atoms with E-state index in [9.17, 15) is 0 Å². The van der Waals surface area contributed by atoms with Gasteiger partial charge in [0, 0.05) is 31.0 Å². The third-order valence-electron chi connectivity index (χ3n) is 3.75. The molecule has 2 atom stereocenters. The van der Waals surface area contributed by atoms with Crippen molar-refractivity contribution in [3.63, 3.8) is 0 Å². The minimum absolute atomic E-state index is 0.00380. The monoisotopic (exact) mass is 235 g/mol. The van der Waals surface area contributed by atoms with E-state index in [0.29, 0.717) is 12.0 Å². The van der Waals surface area contributed by atoms with Gasteiger partial charge in [0.25, 0.3) is 0 Å². The Hall–Kier alpha value is -1.16. The number of hydrogen-bond acceptors (Lipinski definition) is 4. The number of aliphatic hydroxyl groups is 1. The SMILES string of the molecule is CC1CCCCC1N(C)c1ncc(CO)cn1. The highest BCUT2D eigenvalue weighted by Crippen LogP contribution is 2.28. The summed E-state index contributed by atoms with van der Waals surface area (Å²) in [5.74, 6) is 1.47. The first-order valence-corrected chi connectivity index (χ1v) is 6.37. The molecule has 1 N–H and O–H groups in total. The summed E-state index contributed by atoms with van der Waals surface area (Å²) in [6.07, 6.45) is 8.56. The lowest BCUT2D eigenvalue weighted by Gasteiger charge is -2.36.